The van der Waals surface area contributed by atoms with Crippen molar-refractivity contribution in [2.75, 3.05) is 23.7 Å². The van der Waals surface area contributed by atoms with E-state index in [0.717, 1.165) is 31.0 Å². The van der Waals surface area contributed by atoms with E-state index in [1.54, 1.807) is 0 Å². The first-order valence-electron chi connectivity index (χ1n) is 5.68. The lowest BCUT2D eigenvalue weighted by Crippen LogP contribution is -2.30. The summed E-state index contributed by atoms with van der Waals surface area (Å²) < 4.78 is 0. The molecule has 15 heavy (non-hydrogen) atoms. The van der Waals surface area contributed by atoms with Crippen LogP contribution in [0.25, 0.3) is 0 Å². The number of hydrogen-bond acceptors (Lipinski definition) is 4. The van der Waals surface area contributed by atoms with Gasteiger partial charge in [0.25, 0.3) is 0 Å². The molecule has 2 heterocycles. The van der Waals surface area contributed by atoms with E-state index in [4.69, 9.17) is 5.73 Å². The molecule has 0 unspecified atom stereocenters. The van der Waals surface area contributed by atoms with E-state index >= 15 is 0 Å². The van der Waals surface area contributed by atoms with Crippen molar-refractivity contribution in [3.63, 3.8) is 0 Å². The Bertz CT molecular complexity index is 331. The summed E-state index contributed by atoms with van der Waals surface area (Å²) in [7, 11) is 0. The van der Waals surface area contributed by atoms with Crippen LogP contribution in [0.3, 0.4) is 0 Å². The largest absolute Gasteiger partial charge is 0.368 e. The van der Waals surface area contributed by atoms with E-state index in [2.05, 4.69) is 27.9 Å². The summed E-state index contributed by atoms with van der Waals surface area (Å²) in [5.74, 6) is 1.40. The number of hydrogen-bond donors (Lipinski definition) is 1. The molecule has 4 heteroatoms. The topological polar surface area (TPSA) is 55.0 Å². The highest BCUT2D eigenvalue weighted by atomic mass is 15.2. The fraction of sp³-hybridized carbons (Fsp3) is 0.636. The SMILES string of the molecule is CCc1cc(N2CCCCC2)nc(N)n1. The second kappa shape index (κ2) is 4.47. The molecule has 1 fully saturated rings. The lowest BCUT2D eigenvalue weighted by Gasteiger charge is -2.27. The quantitative estimate of drug-likeness (QED) is 0.798. The second-order valence-corrected chi connectivity index (χ2v) is 3.98. The first-order chi connectivity index (χ1) is 7.29. The van der Waals surface area contributed by atoms with Crippen LogP contribution in [0.2, 0.25) is 0 Å². The Balaban J connectivity index is 2.22. The number of piperidine rings is 1. The molecule has 1 aromatic rings. The van der Waals surface area contributed by atoms with Gasteiger partial charge in [-0.2, -0.15) is 4.98 Å². The van der Waals surface area contributed by atoms with E-state index in [-0.39, 0.29) is 0 Å². The highest BCUT2D eigenvalue weighted by Crippen LogP contribution is 2.19. The van der Waals surface area contributed by atoms with Gasteiger partial charge >= 0.3 is 0 Å². The van der Waals surface area contributed by atoms with E-state index < -0.39 is 0 Å². The van der Waals surface area contributed by atoms with Crippen LogP contribution in [0.5, 0.6) is 0 Å². The van der Waals surface area contributed by atoms with Gasteiger partial charge in [-0.25, -0.2) is 4.98 Å². The number of nitrogen functional groups attached to an aromatic ring is 1. The molecule has 0 atom stereocenters. The van der Waals surface area contributed by atoms with Gasteiger partial charge in [-0.15, -0.1) is 0 Å². The Morgan fingerprint density at radius 3 is 2.67 bits per heavy atom. The molecule has 0 bridgehead atoms. The van der Waals surface area contributed by atoms with E-state index in [9.17, 15) is 0 Å². The van der Waals surface area contributed by atoms with Crippen molar-refractivity contribution < 1.29 is 0 Å². The molecule has 0 aliphatic carbocycles. The Morgan fingerprint density at radius 2 is 2.00 bits per heavy atom. The van der Waals surface area contributed by atoms with E-state index in [1.807, 2.05) is 0 Å². The summed E-state index contributed by atoms with van der Waals surface area (Å²) in [6, 6.07) is 2.06. The van der Waals surface area contributed by atoms with Crippen LogP contribution in [-0.2, 0) is 6.42 Å². The maximum Gasteiger partial charge on any atom is 0.222 e. The van der Waals surface area contributed by atoms with Crippen molar-refractivity contribution in [3.05, 3.63) is 11.8 Å². The molecular weight excluding hydrogens is 188 g/mol. The van der Waals surface area contributed by atoms with Crippen LogP contribution >= 0.6 is 0 Å². The minimum absolute atomic E-state index is 0.398. The zero-order valence-corrected chi connectivity index (χ0v) is 9.24. The van der Waals surface area contributed by atoms with Crippen LogP contribution in [0.4, 0.5) is 11.8 Å². The van der Waals surface area contributed by atoms with Gasteiger partial charge in [0.2, 0.25) is 5.95 Å². The van der Waals surface area contributed by atoms with Gasteiger partial charge in [-0.3, -0.25) is 0 Å². The lowest BCUT2D eigenvalue weighted by molar-refractivity contribution is 0.573. The van der Waals surface area contributed by atoms with Gasteiger partial charge in [0, 0.05) is 24.8 Å². The smallest absolute Gasteiger partial charge is 0.222 e. The molecule has 1 aromatic heterocycles. The van der Waals surface area contributed by atoms with Crippen LogP contribution in [0, 0.1) is 0 Å². The van der Waals surface area contributed by atoms with Crippen LogP contribution < -0.4 is 10.6 Å². The molecule has 2 N–H and O–H groups in total. The third-order valence-corrected chi connectivity index (χ3v) is 2.83. The summed E-state index contributed by atoms with van der Waals surface area (Å²) in [5.41, 5.74) is 6.72. The molecule has 1 saturated heterocycles. The number of aromatic nitrogens is 2. The van der Waals surface area contributed by atoms with Crippen molar-refractivity contribution >= 4 is 11.8 Å². The fourth-order valence-electron chi connectivity index (χ4n) is 1.97. The minimum atomic E-state index is 0.398. The van der Waals surface area contributed by atoms with Crippen LogP contribution in [0.15, 0.2) is 6.07 Å². The van der Waals surface area contributed by atoms with Crippen molar-refractivity contribution in [2.45, 2.75) is 32.6 Å². The predicted molar refractivity (Wildman–Crippen MR) is 61.9 cm³/mol. The highest BCUT2D eigenvalue weighted by molar-refractivity contribution is 5.43. The van der Waals surface area contributed by atoms with Gasteiger partial charge in [0.1, 0.15) is 5.82 Å². The number of nitrogens with zero attached hydrogens (tertiary/aromatic N) is 3. The Labute approximate surface area is 90.5 Å². The molecule has 0 amide bonds. The van der Waals surface area contributed by atoms with Gasteiger partial charge in [-0.1, -0.05) is 6.92 Å². The van der Waals surface area contributed by atoms with Crippen molar-refractivity contribution in [1.29, 1.82) is 0 Å². The monoisotopic (exact) mass is 206 g/mol. The average molecular weight is 206 g/mol. The minimum Gasteiger partial charge on any atom is -0.368 e. The first kappa shape index (κ1) is 10.2. The van der Waals surface area contributed by atoms with Crippen LogP contribution in [-0.4, -0.2) is 23.1 Å². The zero-order chi connectivity index (χ0) is 10.7. The Hall–Kier alpha value is -1.32. The Morgan fingerprint density at radius 1 is 1.27 bits per heavy atom. The number of aryl methyl sites for hydroxylation is 1. The summed E-state index contributed by atoms with van der Waals surface area (Å²) >= 11 is 0. The summed E-state index contributed by atoms with van der Waals surface area (Å²) in [6.07, 6.45) is 4.75. The Kier molecular flexibility index (Phi) is 3.04. The van der Waals surface area contributed by atoms with E-state index in [0.29, 0.717) is 5.95 Å². The maximum absolute atomic E-state index is 5.69. The van der Waals surface area contributed by atoms with Gasteiger partial charge < -0.3 is 10.6 Å². The number of nitrogens with two attached hydrogens (primary N) is 1. The maximum atomic E-state index is 5.69. The van der Waals surface area contributed by atoms with Gasteiger partial charge in [-0.05, 0) is 25.7 Å². The molecule has 0 saturated carbocycles. The molecule has 0 radical (unpaired) electrons. The summed E-state index contributed by atoms with van der Waals surface area (Å²) in [4.78, 5) is 10.8. The highest BCUT2D eigenvalue weighted by Gasteiger charge is 2.13. The molecule has 1 aliphatic rings. The zero-order valence-electron chi connectivity index (χ0n) is 9.24. The molecule has 1 aliphatic heterocycles. The van der Waals surface area contributed by atoms with E-state index in [1.165, 1.54) is 19.3 Å². The van der Waals surface area contributed by atoms with Crippen molar-refractivity contribution in [1.82, 2.24) is 9.97 Å². The second-order valence-electron chi connectivity index (χ2n) is 3.98. The number of rotatable bonds is 2. The molecular formula is C11H18N4. The summed E-state index contributed by atoms with van der Waals surface area (Å²) in [5, 5.41) is 0. The molecule has 0 aromatic carbocycles. The molecule has 2 rings (SSSR count). The molecule has 82 valence electrons. The number of anilines is 2. The van der Waals surface area contributed by atoms with Crippen molar-refractivity contribution in [2.24, 2.45) is 0 Å². The fourth-order valence-corrected chi connectivity index (χ4v) is 1.97. The van der Waals surface area contributed by atoms with Gasteiger partial charge in [0.15, 0.2) is 0 Å². The molecule has 4 nitrogen and oxygen atoms in total. The van der Waals surface area contributed by atoms with Crippen molar-refractivity contribution in [3.8, 4) is 0 Å². The lowest BCUT2D eigenvalue weighted by atomic mass is 10.1. The average Bonchev–Trinajstić information content (AvgIpc) is 2.29. The first-order valence-corrected chi connectivity index (χ1v) is 5.68. The summed E-state index contributed by atoms with van der Waals surface area (Å²) in [6.45, 7) is 4.28. The molecule has 0 spiro atoms. The normalized spacial score (nSPS) is 16.7. The predicted octanol–water partition coefficient (Wildman–Crippen LogP) is 1.61. The van der Waals surface area contributed by atoms with Gasteiger partial charge in [0.05, 0.1) is 0 Å². The standard InChI is InChI=1S/C11H18N4/c1-2-9-8-10(14-11(12)13-9)15-6-4-3-5-7-15/h8H,2-7H2,1H3,(H2,12,13,14). The van der Waals surface area contributed by atoms with Crippen LogP contribution in [0.1, 0.15) is 31.9 Å². The third kappa shape index (κ3) is 2.37. The third-order valence-electron chi connectivity index (χ3n) is 2.83.